The number of H-pyrrole nitrogens is 1. The largest absolute Gasteiger partial charge is 0.346 e. The molecule has 1 aliphatic heterocycles. The molecule has 2 aromatic heterocycles. The maximum Gasteiger partial charge on any atom is 0.179 e. The van der Waals surface area contributed by atoms with Gasteiger partial charge < -0.3 is 10.4 Å². The minimum atomic E-state index is -3.51. The van der Waals surface area contributed by atoms with Crippen molar-refractivity contribution < 1.29 is 8.42 Å². The summed E-state index contributed by atoms with van der Waals surface area (Å²) in [6, 6.07) is 10.5. The Balaban J connectivity index is 1.35. The van der Waals surface area contributed by atoms with Crippen LogP contribution in [-0.4, -0.2) is 41.9 Å². The van der Waals surface area contributed by atoms with Crippen molar-refractivity contribution in [2.24, 2.45) is 16.9 Å². The summed E-state index contributed by atoms with van der Waals surface area (Å²) in [4.78, 5) is 12.3. The lowest BCUT2D eigenvalue weighted by Crippen LogP contribution is -2.43. The molecule has 2 N–H and O–H groups in total. The van der Waals surface area contributed by atoms with Crippen LogP contribution in [-0.2, 0) is 15.3 Å². The molecule has 5 rings (SSSR count). The van der Waals surface area contributed by atoms with Gasteiger partial charge in [-0.05, 0) is 55.7 Å². The third-order valence-corrected chi connectivity index (χ3v) is 8.86. The minimum Gasteiger partial charge on any atom is -0.346 e. The van der Waals surface area contributed by atoms with Gasteiger partial charge in [0.2, 0.25) is 0 Å². The number of hydrogen-bond donors (Lipinski definition) is 2. The Morgan fingerprint density at radius 1 is 1.12 bits per heavy atom. The van der Waals surface area contributed by atoms with E-state index in [0.717, 1.165) is 42.4 Å². The molecule has 0 bridgehead atoms. The number of sulfone groups is 1. The van der Waals surface area contributed by atoms with Crippen LogP contribution in [0.2, 0.25) is 0 Å². The molecule has 2 aliphatic rings. The van der Waals surface area contributed by atoms with Crippen molar-refractivity contribution in [3.05, 3.63) is 54.1 Å². The molecule has 1 atom stereocenters. The maximum absolute atomic E-state index is 13.0. The van der Waals surface area contributed by atoms with E-state index in [1.807, 2.05) is 24.5 Å². The van der Waals surface area contributed by atoms with E-state index in [2.05, 4.69) is 25.5 Å². The highest BCUT2D eigenvalue weighted by Crippen LogP contribution is 2.44. The first-order chi connectivity index (χ1) is 15.5. The van der Waals surface area contributed by atoms with Gasteiger partial charge in [0, 0.05) is 24.3 Å². The van der Waals surface area contributed by atoms with E-state index in [9.17, 15) is 13.7 Å². The maximum atomic E-state index is 13.0. The van der Waals surface area contributed by atoms with Crippen LogP contribution < -0.4 is 5.43 Å². The second-order valence-electron chi connectivity index (χ2n) is 8.70. The van der Waals surface area contributed by atoms with Gasteiger partial charge in [-0.2, -0.15) is 10.4 Å². The van der Waals surface area contributed by atoms with E-state index in [0.29, 0.717) is 12.5 Å². The number of nitriles is 1. The average molecular weight is 449 g/mol. The molecule has 1 saturated carbocycles. The third kappa shape index (κ3) is 3.45. The zero-order valence-electron chi connectivity index (χ0n) is 17.5. The highest BCUT2D eigenvalue weighted by atomic mass is 32.2. The molecule has 9 heteroatoms. The van der Waals surface area contributed by atoms with Crippen molar-refractivity contribution in [2.45, 2.75) is 36.0 Å². The first-order valence-corrected chi connectivity index (χ1v) is 12.5. The summed E-state index contributed by atoms with van der Waals surface area (Å²) in [5.41, 5.74) is 4.78. The van der Waals surface area contributed by atoms with Gasteiger partial charge in [0.1, 0.15) is 18.0 Å². The fraction of sp³-hybridized carbons (Fsp3) is 0.391. The fourth-order valence-corrected chi connectivity index (χ4v) is 7.16. The molecule has 3 heterocycles. The zero-order valence-corrected chi connectivity index (χ0v) is 18.3. The number of nitrogens with one attached hydrogen (secondary N) is 2. The predicted octanol–water partition coefficient (Wildman–Crippen LogP) is 2.94. The van der Waals surface area contributed by atoms with Crippen LogP contribution in [0.5, 0.6) is 0 Å². The highest BCUT2D eigenvalue weighted by molar-refractivity contribution is 7.91. The lowest BCUT2D eigenvalue weighted by Gasteiger charge is -2.39. The molecule has 164 valence electrons. The van der Waals surface area contributed by atoms with Crippen molar-refractivity contribution in [1.82, 2.24) is 20.4 Å². The molecule has 0 radical (unpaired) electrons. The summed E-state index contributed by atoms with van der Waals surface area (Å²) >= 11 is 0. The average Bonchev–Trinajstić information content (AvgIpc) is 3.49. The summed E-state index contributed by atoms with van der Waals surface area (Å²) in [6.07, 6.45) is 8.86. The second-order valence-corrected chi connectivity index (χ2v) is 10.7. The summed E-state index contributed by atoms with van der Waals surface area (Å²) in [6.45, 7) is 0.674. The zero-order chi connectivity index (χ0) is 22.2. The monoisotopic (exact) mass is 448 g/mol. The highest BCUT2D eigenvalue weighted by Gasteiger charge is 2.45. The summed E-state index contributed by atoms with van der Waals surface area (Å²) in [7, 11) is -3.51. The van der Waals surface area contributed by atoms with Gasteiger partial charge in [-0.25, -0.2) is 18.4 Å². The Morgan fingerprint density at radius 3 is 2.69 bits per heavy atom. The van der Waals surface area contributed by atoms with E-state index < -0.39 is 9.84 Å². The van der Waals surface area contributed by atoms with Gasteiger partial charge in [-0.3, -0.25) is 0 Å². The van der Waals surface area contributed by atoms with Crippen molar-refractivity contribution in [2.75, 3.05) is 12.3 Å². The molecule has 32 heavy (non-hydrogen) atoms. The summed E-state index contributed by atoms with van der Waals surface area (Å²) < 4.78 is 26.0. The van der Waals surface area contributed by atoms with Gasteiger partial charge in [-0.1, -0.05) is 12.1 Å². The number of rotatable bonds is 5. The number of hydrogen-bond acceptors (Lipinski definition) is 7. The smallest absolute Gasteiger partial charge is 0.179 e. The van der Waals surface area contributed by atoms with E-state index in [1.165, 1.54) is 6.07 Å². The van der Waals surface area contributed by atoms with E-state index in [-0.39, 0.29) is 27.5 Å². The number of benzene rings is 1. The normalized spacial score (nSPS) is 25.5. The van der Waals surface area contributed by atoms with Gasteiger partial charge in [0.05, 0.1) is 27.3 Å². The Hall–Kier alpha value is -3.25. The van der Waals surface area contributed by atoms with Gasteiger partial charge in [0.15, 0.2) is 9.84 Å². The first-order valence-electron chi connectivity index (χ1n) is 10.8. The standard InChI is InChI=1S/C23H24N6O2S/c24-11-17-3-1-2-4-20(17)32(30,31)12-16-5-7-18(8-6-16)23(13-28-29-14-23)21-19-9-10-25-22(19)27-15-26-21/h1-4,9-10,13,15-16,18,29H,5-8,12,14H2,(H,25,26,27)/t16-,18+,23?. The molecule has 3 aromatic rings. The Bertz CT molecular complexity index is 1320. The Morgan fingerprint density at radius 2 is 1.94 bits per heavy atom. The molecular weight excluding hydrogens is 424 g/mol. The number of aromatic amines is 1. The van der Waals surface area contributed by atoms with Gasteiger partial charge in [-0.15, -0.1) is 0 Å². The molecule has 1 aliphatic carbocycles. The fourth-order valence-electron chi connectivity index (χ4n) is 5.29. The second kappa shape index (κ2) is 8.02. The molecule has 0 amide bonds. The topological polar surface area (TPSA) is 124 Å². The Kier molecular flexibility index (Phi) is 5.18. The van der Waals surface area contributed by atoms with E-state index >= 15 is 0 Å². The number of nitrogens with zero attached hydrogens (tertiary/aromatic N) is 4. The predicted molar refractivity (Wildman–Crippen MR) is 121 cm³/mol. The van der Waals surface area contributed by atoms with Gasteiger partial charge >= 0.3 is 0 Å². The van der Waals surface area contributed by atoms with Crippen LogP contribution in [0.4, 0.5) is 0 Å². The number of hydrazone groups is 1. The quantitative estimate of drug-likeness (QED) is 0.618. The first kappa shape index (κ1) is 20.6. The number of fused-ring (bicyclic) bond motifs is 1. The van der Waals surface area contributed by atoms with Crippen molar-refractivity contribution in [3.63, 3.8) is 0 Å². The van der Waals surface area contributed by atoms with Crippen molar-refractivity contribution in [3.8, 4) is 6.07 Å². The molecular formula is C23H24N6O2S. The molecule has 1 fully saturated rings. The lowest BCUT2D eigenvalue weighted by molar-refractivity contribution is 0.227. The van der Waals surface area contributed by atoms with Crippen LogP contribution in [0.1, 0.15) is 36.9 Å². The van der Waals surface area contributed by atoms with Crippen molar-refractivity contribution >= 4 is 27.1 Å². The van der Waals surface area contributed by atoms with E-state index in [1.54, 1.807) is 24.5 Å². The number of aromatic nitrogens is 3. The molecule has 1 unspecified atom stereocenters. The SMILES string of the molecule is N#Cc1ccccc1S(=O)(=O)C[C@H]1CC[C@@H](C2(c3ncnc4[nH]ccc34)C=NNC2)CC1. The summed E-state index contributed by atoms with van der Waals surface area (Å²) in [5.74, 6) is 0.455. The minimum absolute atomic E-state index is 0.0732. The molecule has 1 aromatic carbocycles. The molecule has 8 nitrogen and oxygen atoms in total. The third-order valence-electron chi connectivity index (χ3n) is 6.93. The van der Waals surface area contributed by atoms with Gasteiger partial charge in [0.25, 0.3) is 0 Å². The van der Waals surface area contributed by atoms with Crippen molar-refractivity contribution in [1.29, 1.82) is 5.26 Å². The van der Waals surface area contributed by atoms with Crippen LogP contribution in [0.25, 0.3) is 11.0 Å². The molecule has 0 spiro atoms. The van der Waals surface area contributed by atoms with Crippen LogP contribution in [0, 0.1) is 23.2 Å². The van der Waals surface area contributed by atoms with E-state index in [4.69, 9.17) is 0 Å². The summed E-state index contributed by atoms with van der Waals surface area (Å²) in [5, 5.41) is 14.6. The lowest BCUT2D eigenvalue weighted by atomic mass is 9.65. The molecule has 0 saturated heterocycles. The van der Waals surface area contributed by atoms with Crippen LogP contribution in [0.3, 0.4) is 0 Å². The Labute approximate surface area is 186 Å². The van der Waals surface area contributed by atoms with Crippen LogP contribution in [0.15, 0.2) is 52.9 Å². The van der Waals surface area contributed by atoms with Crippen LogP contribution >= 0.6 is 0 Å².